The molecule has 0 unspecified atom stereocenters. The van der Waals surface area contributed by atoms with Crippen LogP contribution in [0.1, 0.15) is 15.2 Å². The Kier molecular flexibility index (Phi) is 2.50. The van der Waals surface area contributed by atoms with Gasteiger partial charge in [0.25, 0.3) is 0 Å². The smallest absolute Gasteiger partial charge is 0.425 e. The Bertz CT molecular complexity index is 603. The number of thiophene rings is 1. The average molecular weight is 261 g/mol. The molecule has 2 rings (SSSR count). The molecule has 0 aliphatic heterocycles. The number of carboxylic acid groups (broad SMARTS) is 1. The first-order chi connectivity index (χ1) is 7.79. The first kappa shape index (κ1) is 11.7. The first-order valence-electron chi connectivity index (χ1n) is 4.42. The second-order valence-electron chi connectivity index (χ2n) is 3.40. The van der Waals surface area contributed by atoms with Crippen molar-refractivity contribution >= 4 is 33.1 Å². The van der Waals surface area contributed by atoms with Crippen molar-refractivity contribution in [3.63, 3.8) is 0 Å². The molecule has 7 heteroatoms. The highest BCUT2D eigenvalue weighted by atomic mass is 32.1. The predicted molar refractivity (Wildman–Crippen MR) is 58.2 cm³/mol. The maximum absolute atomic E-state index is 12.5. The van der Waals surface area contributed by atoms with Crippen LogP contribution in [-0.2, 0) is 6.18 Å². The van der Waals surface area contributed by atoms with Gasteiger partial charge in [0.1, 0.15) is 4.88 Å². The molecule has 3 N–H and O–H groups in total. The van der Waals surface area contributed by atoms with Gasteiger partial charge in [-0.1, -0.05) is 0 Å². The number of carbonyl (C=O) groups is 1. The summed E-state index contributed by atoms with van der Waals surface area (Å²) in [7, 11) is 0. The van der Waals surface area contributed by atoms with Crippen LogP contribution < -0.4 is 5.73 Å². The van der Waals surface area contributed by atoms with E-state index in [1.807, 2.05) is 0 Å². The SMILES string of the molecule is Nc1cc(C(=O)O)cc2cc(C(F)(F)F)sc12. The Balaban J connectivity index is 2.69. The zero-order valence-corrected chi connectivity index (χ0v) is 9.02. The third-order valence-electron chi connectivity index (χ3n) is 2.17. The van der Waals surface area contributed by atoms with E-state index in [0.29, 0.717) is 11.3 Å². The largest absolute Gasteiger partial charge is 0.478 e. The third kappa shape index (κ3) is 2.05. The summed E-state index contributed by atoms with van der Waals surface area (Å²) in [6.45, 7) is 0. The van der Waals surface area contributed by atoms with Gasteiger partial charge < -0.3 is 10.8 Å². The van der Waals surface area contributed by atoms with Gasteiger partial charge in [-0.15, -0.1) is 11.3 Å². The van der Waals surface area contributed by atoms with Gasteiger partial charge in [0.15, 0.2) is 0 Å². The summed E-state index contributed by atoms with van der Waals surface area (Å²) in [6.07, 6.45) is -4.44. The van der Waals surface area contributed by atoms with E-state index < -0.39 is 17.0 Å². The van der Waals surface area contributed by atoms with E-state index in [1.54, 1.807) is 0 Å². The van der Waals surface area contributed by atoms with Crippen LogP contribution in [-0.4, -0.2) is 11.1 Å². The first-order valence-corrected chi connectivity index (χ1v) is 5.24. The van der Waals surface area contributed by atoms with Crippen molar-refractivity contribution < 1.29 is 23.1 Å². The Morgan fingerprint density at radius 3 is 2.47 bits per heavy atom. The average Bonchev–Trinajstić information content (AvgIpc) is 2.60. The molecule has 1 heterocycles. The van der Waals surface area contributed by atoms with Crippen LogP contribution in [0.2, 0.25) is 0 Å². The second kappa shape index (κ2) is 3.63. The minimum atomic E-state index is -4.44. The molecule has 0 aliphatic carbocycles. The molecule has 0 saturated carbocycles. The van der Waals surface area contributed by atoms with E-state index >= 15 is 0 Å². The van der Waals surface area contributed by atoms with Crippen LogP contribution in [0.4, 0.5) is 18.9 Å². The molecule has 0 spiro atoms. The highest BCUT2D eigenvalue weighted by Crippen LogP contribution is 2.40. The molecule has 0 fully saturated rings. The Morgan fingerprint density at radius 1 is 1.29 bits per heavy atom. The molecule has 0 aliphatic rings. The zero-order valence-electron chi connectivity index (χ0n) is 8.21. The molecule has 0 amide bonds. The number of hydrogen-bond acceptors (Lipinski definition) is 3. The zero-order chi connectivity index (χ0) is 12.8. The fraction of sp³-hybridized carbons (Fsp3) is 0.100. The normalized spacial score (nSPS) is 11.9. The number of anilines is 1. The third-order valence-corrected chi connectivity index (χ3v) is 3.42. The van der Waals surface area contributed by atoms with Crippen molar-refractivity contribution in [1.82, 2.24) is 0 Å². The molecule has 0 saturated heterocycles. The highest BCUT2D eigenvalue weighted by Gasteiger charge is 2.33. The summed E-state index contributed by atoms with van der Waals surface area (Å²) >= 11 is 0.508. The lowest BCUT2D eigenvalue weighted by molar-refractivity contribution is -0.134. The molecule has 2 aromatic rings. The van der Waals surface area contributed by atoms with Gasteiger partial charge in [0.2, 0.25) is 0 Å². The van der Waals surface area contributed by atoms with Gasteiger partial charge in [-0.05, 0) is 23.6 Å². The predicted octanol–water partition coefficient (Wildman–Crippen LogP) is 3.20. The van der Waals surface area contributed by atoms with Crippen LogP contribution in [0.3, 0.4) is 0 Å². The Morgan fingerprint density at radius 2 is 1.94 bits per heavy atom. The number of nitrogens with two attached hydrogens (primary N) is 1. The van der Waals surface area contributed by atoms with Gasteiger partial charge in [-0.2, -0.15) is 13.2 Å². The fourth-order valence-corrected chi connectivity index (χ4v) is 2.38. The van der Waals surface area contributed by atoms with Gasteiger partial charge in [-0.25, -0.2) is 4.79 Å². The van der Waals surface area contributed by atoms with Crippen molar-refractivity contribution in [2.45, 2.75) is 6.18 Å². The lowest BCUT2D eigenvalue weighted by Crippen LogP contribution is -2.00. The van der Waals surface area contributed by atoms with E-state index in [1.165, 1.54) is 6.07 Å². The topological polar surface area (TPSA) is 63.3 Å². The van der Waals surface area contributed by atoms with Crippen molar-refractivity contribution in [1.29, 1.82) is 0 Å². The monoisotopic (exact) mass is 261 g/mol. The molecule has 1 aromatic heterocycles. The van der Waals surface area contributed by atoms with E-state index in [2.05, 4.69) is 0 Å². The van der Waals surface area contributed by atoms with Gasteiger partial charge in [-0.3, -0.25) is 0 Å². The van der Waals surface area contributed by atoms with Crippen molar-refractivity contribution in [3.8, 4) is 0 Å². The van der Waals surface area contributed by atoms with Gasteiger partial charge in [0.05, 0.1) is 16.0 Å². The summed E-state index contributed by atoms with van der Waals surface area (Å²) in [5, 5.41) is 8.96. The number of rotatable bonds is 1. The van der Waals surface area contributed by atoms with Crippen LogP contribution in [0.5, 0.6) is 0 Å². The molecular weight excluding hydrogens is 255 g/mol. The minimum Gasteiger partial charge on any atom is -0.478 e. The Labute approximate surface area is 97.3 Å². The van der Waals surface area contributed by atoms with Crippen LogP contribution in [0.15, 0.2) is 18.2 Å². The standard InChI is InChI=1S/C10H6F3NO2S/c11-10(12,13)7-3-4-1-5(9(15)16)2-6(14)8(4)17-7/h1-3H,14H2,(H,15,16). The van der Waals surface area contributed by atoms with Crippen LogP contribution >= 0.6 is 11.3 Å². The number of fused-ring (bicyclic) bond motifs is 1. The summed E-state index contributed by atoms with van der Waals surface area (Å²) < 4.78 is 37.7. The summed E-state index contributed by atoms with van der Waals surface area (Å²) in [5.74, 6) is -1.22. The van der Waals surface area contributed by atoms with Crippen LogP contribution in [0, 0.1) is 0 Å². The number of alkyl halides is 3. The van der Waals surface area contributed by atoms with E-state index in [0.717, 1.165) is 12.1 Å². The molecule has 0 radical (unpaired) electrons. The number of carboxylic acids is 1. The molecule has 0 atom stereocenters. The molecule has 1 aromatic carbocycles. The van der Waals surface area contributed by atoms with E-state index in [4.69, 9.17) is 10.8 Å². The van der Waals surface area contributed by atoms with Gasteiger partial charge >= 0.3 is 12.1 Å². The maximum atomic E-state index is 12.5. The molecule has 90 valence electrons. The lowest BCUT2D eigenvalue weighted by Gasteiger charge is -2.00. The van der Waals surface area contributed by atoms with E-state index in [9.17, 15) is 18.0 Å². The summed E-state index contributed by atoms with van der Waals surface area (Å²) in [6, 6.07) is 3.24. The van der Waals surface area contributed by atoms with Crippen LogP contribution in [0.25, 0.3) is 10.1 Å². The van der Waals surface area contributed by atoms with E-state index in [-0.39, 0.29) is 21.3 Å². The van der Waals surface area contributed by atoms with Gasteiger partial charge in [0, 0.05) is 0 Å². The number of aromatic carboxylic acids is 1. The molecule has 3 nitrogen and oxygen atoms in total. The fourth-order valence-electron chi connectivity index (χ4n) is 1.44. The number of halogens is 3. The number of nitrogen functional groups attached to an aromatic ring is 1. The van der Waals surface area contributed by atoms with Crippen molar-refractivity contribution in [3.05, 3.63) is 28.6 Å². The molecular formula is C10H6F3NO2S. The lowest BCUT2D eigenvalue weighted by atomic mass is 10.1. The quantitative estimate of drug-likeness (QED) is 0.775. The number of hydrogen-bond donors (Lipinski definition) is 2. The Hall–Kier alpha value is -1.76. The van der Waals surface area contributed by atoms with Crippen molar-refractivity contribution in [2.75, 3.05) is 5.73 Å². The van der Waals surface area contributed by atoms with Crippen molar-refractivity contribution in [2.24, 2.45) is 0 Å². The minimum absolute atomic E-state index is 0.0420. The maximum Gasteiger partial charge on any atom is 0.425 e. The second-order valence-corrected chi connectivity index (χ2v) is 4.45. The molecule has 0 bridgehead atoms. The number of benzene rings is 1. The highest BCUT2D eigenvalue weighted by molar-refractivity contribution is 7.19. The summed E-state index contributed by atoms with van der Waals surface area (Å²) in [5.41, 5.74) is 5.45. The molecule has 17 heavy (non-hydrogen) atoms. The summed E-state index contributed by atoms with van der Waals surface area (Å²) in [4.78, 5) is 9.94.